The zero-order chi connectivity index (χ0) is 12.5. The van der Waals surface area contributed by atoms with Crippen molar-refractivity contribution in [3.8, 4) is 5.75 Å². The molecule has 0 radical (unpaired) electrons. The molecular weight excluding hydrogens is 252 g/mol. The molecule has 0 unspecified atom stereocenters. The third kappa shape index (κ3) is 1.93. The zero-order valence-electron chi connectivity index (χ0n) is 9.28. The first-order chi connectivity index (χ1) is 8.72. The first-order valence-electron chi connectivity index (χ1n) is 5.17. The molecule has 0 aliphatic heterocycles. The highest BCUT2D eigenvalue weighted by molar-refractivity contribution is 7.20. The molecule has 0 saturated carbocycles. The summed E-state index contributed by atoms with van der Waals surface area (Å²) < 4.78 is 7.14. The van der Waals surface area contributed by atoms with Gasteiger partial charge in [0, 0.05) is 11.8 Å². The van der Waals surface area contributed by atoms with Crippen molar-refractivity contribution in [1.29, 1.82) is 0 Å². The minimum absolute atomic E-state index is 0.258. The van der Waals surface area contributed by atoms with E-state index in [9.17, 15) is 0 Å². The van der Waals surface area contributed by atoms with E-state index in [0.29, 0.717) is 27.4 Å². The molecule has 2 heterocycles. The lowest BCUT2D eigenvalue weighted by molar-refractivity contribution is 0.293. The summed E-state index contributed by atoms with van der Waals surface area (Å²) in [6, 6.07) is 7.19. The summed E-state index contributed by atoms with van der Waals surface area (Å²) in [6.45, 7) is 0.258. The number of nitrogen functional groups attached to an aromatic ring is 2. The Morgan fingerprint density at radius 3 is 3.00 bits per heavy atom. The fraction of sp³-hybridized carbons (Fsp3) is 0.100. The average Bonchev–Trinajstić information content (AvgIpc) is 2.86. The smallest absolute Gasteiger partial charge is 0.236 e. The highest BCUT2D eigenvalue weighted by atomic mass is 32.1. The second-order valence-electron chi connectivity index (χ2n) is 3.61. The molecule has 3 rings (SSSR count). The van der Waals surface area contributed by atoms with Gasteiger partial charge in [-0.1, -0.05) is 17.4 Å². The van der Waals surface area contributed by atoms with Gasteiger partial charge >= 0.3 is 0 Å². The number of hydrogen-bond donors (Lipinski definition) is 2. The van der Waals surface area contributed by atoms with E-state index >= 15 is 0 Å². The summed E-state index contributed by atoms with van der Waals surface area (Å²) in [7, 11) is 0. The van der Waals surface area contributed by atoms with Crippen LogP contribution in [0.15, 0.2) is 24.3 Å². The van der Waals surface area contributed by atoms with Gasteiger partial charge in [-0.25, -0.2) is 0 Å². The van der Waals surface area contributed by atoms with Gasteiger partial charge in [0.1, 0.15) is 12.4 Å². The van der Waals surface area contributed by atoms with E-state index in [1.165, 1.54) is 11.3 Å². The first-order valence-corrected chi connectivity index (χ1v) is 5.99. The van der Waals surface area contributed by atoms with Crippen molar-refractivity contribution in [2.24, 2.45) is 0 Å². The molecule has 92 valence electrons. The monoisotopic (exact) mass is 262 g/mol. The molecule has 0 bridgehead atoms. The number of hydrogen-bond acceptors (Lipinski definition) is 7. The lowest BCUT2D eigenvalue weighted by Crippen LogP contribution is -2.02. The van der Waals surface area contributed by atoms with Crippen molar-refractivity contribution in [1.82, 2.24) is 19.8 Å². The maximum absolute atomic E-state index is 5.66. The predicted octanol–water partition coefficient (Wildman–Crippen LogP) is 0.929. The molecule has 8 heteroatoms. The van der Waals surface area contributed by atoms with Gasteiger partial charge in [-0.2, -0.15) is 4.52 Å². The van der Waals surface area contributed by atoms with E-state index in [-0.39, 0.29) is 6.61 Å². The number of nitrogens with two attached hydrogens (primary N) is 2. The van der Waals surface area contributed by atoms with Crippen LogP contribution in [0.3, 0.4) is 0 Å². The fourth-order valence-corrected chi connectivity index (χ4v) is 2.14. The Morgan fingerprint density at radius 2 is 2.17 bits per heavy atom. The number of benzene rings is 1. The second kappa shape index (κ2) is 4.15. The zero-order valence-corrected chi connectivity index (χ0v) is 10.1. The van der Waals surface area contributed by atoms with Gasteiger partial charge in [-0.15, -0.1) is 15.3 Å². The van der Waals surface area contributed by atoms with Gasteiger partial charge in [-0.3, -0.25) is 0 Å². The maximum atomic E-state index is 5.66. The number of nitrogens with zero attached hydrogens (tertiary/aromatic N) is 4. The normalized spacial score (nSPS) is 10.9. The largest absolute Gasteiger partial charge is 0.485 e. The Kier molecular flexibility index (Phi) is 2.49. The molecule has 0 aliphatic rings. The molecule has 0 saturated heterocycles. The summed E-state index contributed by atoms with van der Waals surface area (Å²) in [5, 5.41) is 12.5. The van der Waals surface area contributed by atoms with E-state index in [1.54, 1.807) is 16.6 Å². The van der Waals surface area contributed by atoms with Gasteiger partial charge in [-0.05, 0) is 12.1 Å². The summed E-state index contributed by atoms with van der Waals surface area (Å²) in [5.74, 6) is 1.27. The molecule has 7 nitrogen and oxygen atoms in total. The van der Waals surface area contributed by atoms with Crippen LogP contribution < -0.4 is 16.2 Å². The molecule has 2 aromatic heterocycles. The third-order valence-corrected chi connectivity index (χ3v) is 3.03. The van der Waals surface area contributed by atoms with Crippen molar-refractivity contribution in [3.63, 3.8) is 0 Å². The van der Waals surface area contributed by atoms with Crippen LogP contribution in [0.2, 0.25) is 0 Å². The Labute approximate surface area is 106 Å². The summed E-state index contributed by atoms with van der Waals surface area (Å²) in [5.41, 5.74) is 11.9. The van der Waals surface area contributed by atoms with Crippen LogP contribution in [0.25, 0.3) is 4.96 Å². The summed E-state index contributed by atoms with van der Waals surface area (Å²) in [6.07, 6.45) is 0. The summed E-state index contributed by atoms with van der Waals surface area (Å²) >= 11 is 1.28. The molecule has 0 atom stereocenters. The van der Waals surface area contributed by atoms with Crippen molar-refractivity contribution in [2.45, 2.75) is 6.61 Å². The number of ether oxygens (including phenoxy) is 1. The lowest BCUT2D eigenvalue weighted by Gasteiger charge is -2.04. The van der Waals surface area contributed by atoms with Crippen LogP contribution in [0.1, 0.15) is 5.82 Å². The Hall–Kier alpha value is -2.35. The van der Waals surface area contributed by atoms with Crippen LogP contribution in [0.5, 0.6) is 5.75 Å². The van der Waals surface area contributed by atoms with Gasteiger partial charge in [0.25, 0.3) is 0 Å². The van der Waals surface area contributed by atoms with Gasteiger partial charge in [0.05, 0.1) is 0 Å². The van der Waals surface area contributed by atoms with Crippen LogP contribution in [0.4, 0.5) is 10.8 Å². The van der Waals surface area contributed by atoms with Crippen LogP contribution in [0, 0.1) is 0 Å². The number of rotatable bonds is 3. The highest BCUT2D eigenvalue weighted by Crippen LogP contribution is 2.18. The minimum Gasteiger partial charge on any atom is -0.485 e. The fourth-order valence-electron chi connectivity index (χ4n) is 1.51. The predicted molar refractivity (Wildman–Crippen MR) is 68.3 cm³/mol. The van der Waals surface area contributed by atoms with Gasteiger partial charge in [0.2, 0.25) is 10.1 Å². The van der Waals surface area contributed by atoms with E-state index in [1.807, 2.05) is 12.1 Å². The van der Waals surface area contributed by atoms with Crippen LogP contribution in [-0.2, 0) is 6.61 Å². The standard InChI is InChI=1S/C10H10N6OS/c11-6-2-1-3-7(4-6)17-5-8-13-14-10-16(8)15-9(12)18-10/h1-4H,5,11H2,(H2,12,15). The van der Waals surface area contributed by atoms with E-state index in [0.717, 1.165) is 0 Å². The van der Waals surface area contributed by atoms with Crippen molar-refractivity contribution < 1.29 is 4.74 Å². The Bertz CT molecular complexity index is 691. The van der Waals surface area contributed by atoms with Crippen molar-refractivity contribution in [3.05, 3.63) is 30.1 Å². The number of aromatic nitrogens is 4. The maximum Gasteiger partial charge on any atom is 0.236 e. The molecule has 0 spiro atoms. The van der Waals surface area contributed by atoms with E-state index < -0.39 is 0 Å². The van der Waals surface area contributed by atoms with Crippen LogP contribution in [-0.4, -0.2) is 19.8 Å². The van der Waals surface area contributed by atoms with Gasteiger partial charge < -0.3 is 16.2 Å². The molecule has 1 aromatic carbocycles. The highest BCUT2D eigenvalue weighted by Gasteiger charge is 2.10. The first kappa shape index (κ1) is 10.8. The minimum atomic E-state index is 0.258. The second-order valence-corrected chi connectivity index (χ2v) is 4.60. The van der Waals surface area contributed by atoms with Crippen molar-refractivity contribution in [2.75, 3.05) is 11.5 Å². The molecule has 0 aliphatic carbocycles. The lowest BCUT2D eigenvalue weighted by atomic mass is 10.3. The Balaban J connectivity index is 1.80. The topological polar surface area (TPSA) is 104 Å². The Morgan fingerprint density at radius 1 is 1.28 bits per heavy atom. The molecule has 3 aromatic rings. The molecule has 0 amide bonds. The number of fused-ring (bicyclic) bond motifs is 1. The molecule has 18 heavy (non-hydrogen) atoms. The molecular formula is C10H10N6OS. The SMILES string of the molecule is Nc1cccc(OCc2nnc3sc(N)nn23)c1. The van der Waals surface area contributed by atoms with E-state index in [2.05, 4.69) is 15.3 Å². The average molecular weight is 262 g/mol. The third-order valence-electron chi connectivity index (χ3n) is 2.30. The molecule has 0 fully saturated rings. The van der Waals surface area contributed by atoms with Gasteiger partial charge in [0.15, 0.2) is 5.82 Å². The van der Waals surface area contributed by atoms with E-state index in [4.69, 9.17) is 16.2 Å². The quantitative estimate of drug-likeness (QED) is 0.680. The van der Waals surface area contributed by atoms with Crippen LogP contribution >= 0.6 is 11.3 Å². The summed E-state index contributed by atoms with van der Waals surface area (Å²) in [4.78, 5) is 0.652. The number of anilines is 2. The molecule has 4 N–H and O–H groups in total. The van der Waals surface area contributed by atoms with Crippen molar-refractivity contribution >= 4 is 27.1 Å².